The Morgan fingerprint density at radius 1 is 1.29 bits per heavy atom. The van der Waals surface area contributed by atoms with Crippen LogP contribution in [0.25, 0.3) is 5.95 Å². The Balaban J connectivity index is 2.37. The van der Waals surface area contributed by atoms with Crippen molar-refractivity contribution in [1.29, 1.82) is 0 Å². The summed E-state index contributed by atoms with van der Waals surface area (Å²) >= 11 is 0. The van der Waals surface area contributed by atoms with Crippen LogP contribution in [-0.2, 0) is 0 Å². The predicted octanol–water partition coefficient (Wildman–Crippen LogP) is 0.735. The number of hydrogen-bond donors (Lipinski definition) is 1. The lowest BCUT2D eigenvalue weighted by Crippen LogP contribution is -2.13. The van der Waals surface area contributed by atoms with Gasteiger partial charge in [0.2, 0.25) is 5.95 Å². The summed E-state index contributed by atoms with van der Waals surface area (Å²) in [7, 11) is 0. The molecular formula is C10H14N6O. The van der Waals surface area contributed by atoms with Crippen molar-refractivity contribution in [2.24, 2.45) is 0 Å². The minimum Gasteiger partial charge on any atom is -0.461 e. The molecule has 2 aromatic rings. The standard InChI is InChI=1S/C10H14N6O/c1-6(2)17-10-13-8(11)12-9(14-10)16-5-4-7(3)15-16/h4-6H,1-3H3,(H2,11,12,13,14). The van der Waals surface area contributed by atoms with Gasteiger partial charge in [-0.15, -0.1) is 0 Å². The number of anilines is 1. The van der Waals surface area contributed by atoms with Gasteiger partial charge in [-0.3, -0.25) is 0 Å². The van der Waals surface area contributed by atoms with E-state index in [9.17, 15) is 0 Å². The molecule has 2 rings (SSSR count). The fraction of sp³-hybridized carbons (Fsp3) is 0.400. The minimum atomic E-state index is -0.0241. The van der Waals surface area contributed by atoms with Crippen molar-refractivity contribution >= 4 is 5.95 Å². The summed E-state index contributed by atoms with van der Waals surface area (Å²) in [4.78, 5) is 12.0. The molecule has 2 heterocycles. The number of rotatable bonds is 3. The average molecular weight is 234 g/mol. The highest BCUT2D eigenvalue weighted by molar-refractivity contribution is 5.24. The molecule has 0 aromatic carbocycles. The van der Waals surface area contributed by atoms with E-state index >= 15 is 0 Å². The Morgan fingerprint density at radius 2 is 2.06 bits per heavy atom. The fourth-order valence-electron chi connectivity index (χ4n) is 1.25. The summed E-state index contributed by atoms with van der Waals surface area (Å²) in [5, 5.41) is 4.20. The van der Waals surface area contributed by atoms with Gasteiger partial charge in [-0.25, -0.2) is 4.68 Å². The summed E-state index contributed by atoms with van der Waals surface area (Å²) in [6.07, 6.45) is 1.73. The van der Waals surface area contributed by atoms with E-state index in [0.29, 0.717) is 5.95 Å². The van der Waals surface area contributed by atoms with Gasteiger partial charge in [-0.05, 0) is 26.8 Å². The number of nitrogen functional groups attached to an aromatic ring is 1. The van der Waals surface area contributed by atoms with Gasteiger partial charge in [0, 0.05) is 6.20 Å². The van der Waals surface area contributed by atoms with E-state index in [4.69, 9.17) is 10.5 Å². The van der Waals surface area contributed by atoms with Gasteiger partial charge in [0.15, 0.2) is 0 Å². The summed E-state index contributed by atoms with van der Waals surface area (Å²) in [6, 6.07) is 2.05. The third kappa shape index (κ3) is 2.68. The first-order valence-corrected chi connectivity index (χ1v) is 5.25. The Kier molecular flexibility index (Phi) is 2.90. The first-order chi connectivity index (χ1) is 8.04. The molecule has 2 aromatic heterocycles. The minimum absolute atomic E-state index is 0.0241. The average Bonchev–Trinajstić information content (AvgIpc) is 2.62. The summed E-state index contributed by atoms with van der Waals surface area (Å²) in [5.41, 5.74) is 6.47. The van der Waals surface area contributed by atoms with E-state index in [1.165, 1.54) is 4.68 Å². The summed E-state index contributed by atoms with van der Waals surface area (Å²) in [6.45, 7) is 5.65. The van der Waals surface area contributed by atoms with Gasteiger partial charge in [-0.2, -0.15) is 20.1 Å². The van der Waals surface area contributed by atoms with Crippen molar-refractivity contribution in [2.75, 3.05) is 5.73 Å². The highest BCUT2D eigenvalue weighted by Crippen LogP contribution is 2.10. The highest BCUT2D eigenvalue weighted by Gasteiger charge is 2.09. The van der Waals surface area contributed by atoms with Gasteiger partial charge in [0.1, 0.15) is 0 Å². The molecule has 0 spiro atoms. The lowest BCUT2D eigenvalue weighted by molar-refractivity contribution is 0.221. The van der Waals surface area contributed by atoms with Gasteiger partial charge in [0.05, 0.1) is 11.8 Å². The van der Waals surface area contributed by atoms with Crippen molar-refractivity contribution in [3.05, 3.63) is 18.0 Å². The zero-order valence-electron chi connectivity index (χ0n) is 9.95. The molecule has 0 saturated carbocycles. The van der Waals surface area contributed by atoms with Gasteiger partial charge >= 0.3 is 6.01 Å². The van der Waals surface area contributed by atoms with Crippen LogP contribution in [0.3, 0.4) is 0 Å². The smallest absolute Gasteiger partial charge is 0.323 e. The van der Waals surface area contributed by atoms with E-state index in [-0.39, 0.29) is 18.1 Å². The summed E-state index contributed by atoms with van der Waals surface area (Å²) < 4.78 is 6.91. The van der Waals surface area contributed by atoms with Crippen molar-refractivity contribution in [2.45, 2.75) is 26.9 Å². The number of nitrogens with two attached hydrogens (primary N) is 1. The zero-order chi connectivity index (χ0) is 12.4. The molecule has 0 aliphatic rings. The second kappa shape index (κ2) is 4.36. The van der Waals surface area contributed by atoms with E-state index < -0.39 is 0 Å². The van der Waals surface area contributed by atoms with Crippen molar-refractivity contribution in [3.63, 3.8) is 0 Å². The van der Waals surface area contributed by atoms with E-state index in [1.807, 2.05) is 26.8 Å². The van der Waals surface area contributed by atoms with Crippen LogP contribution in [0.1, 0.15) is 19.5 Å². The van der Waals surface area contributed by atoms with Crippen molar-refractivity contribution < 1.29 is 4.74 Å². The molecule has 0 radical (unpaired) electrons. The molecule has 2 N–H and O–H groups in total. The molecule has 0 aliphatic heterocycles. The molecule has 7 heteroatoms. The maximum atomic E-state index is 5.60. The quantitative estimate of drug-likeness (QED) is 0.841. The largest absolute Gasteiger partial charge is 0.461 e. The topological polar surface area (TPSA) is 91.7 Å². The number of ether oxygens (including phenoxy) is 1. The monoisotopic (exact) mass is 234 g/mol. The third-order valence-electron chi connectivity index (χ3n) is 1.89. The lowest BCUT2D eigenvalue weighted by Gasteiger charge is -2.08. The Bertz CT molecular complexity index is 521. The number of hydrogen-bond acceptors (Lipinski definition) is 6. The predicted molar refractivity (Wildman–Crippen MR) is 61.9 cm³/mol. The maximum absolute atomic E-state index is 5.60. The fourth-order valence-corrected chi connectivity index (χ4v) is 1.25. The molecule has 0 bridgehead atoms. The molecular weight excluding hydrogens is 220 g/mol. The van der Waals surface area contributed by atoms with Crippen LogP contribution in [0.15, 0.2) is 12.3 Å². The molecule has 0 fully saturated rings. The molecule has 0 aliphatic carbocycles. The molecule has 7 nitrogen and oxygen atoms in total. The first-order valence-electron chi connectivity index (χ1n) is 5.25. The van der Waals surface area contributed by atoms with E-state index in [1.54, 1.807) is 6.20 Å². The second-order valence-electron chi connectivity index (χ2n) is 3.84. The van der Waals surface area contributed by atoms with E-state index in [2.05, 4.69) is 20.1 Å². The Labute approximate surface area is 98.7 Å². The van der Waals surface area contributed by atoms with Crippen LogP contribution >= 0.6 is 0 Å². The van der Waals surface area contributed by atoms with Crippen molar-refractivity contribution in [3.8, 4) is 12.0 Å². The second-order valence-corrected chi connectivity index (χ2v) is 3.84. The van der Waals surface area contributed by atoms with Crippen LogP contribution < -0.4 is 10.5 Å². The maximum Gasteiger partial charge on any atom is 0.323 e. The van der Waals surface area contributed by atoms with Crippen molar-refractivity contribution in [1.82, 2.24) is 24.7 Å². The molecule has 17 heavy (non-hydrogen) atoms. The molecule has 0 saturated heterocycles. The zero-order valence-corrected chi connectivity index (χ0v) is 9.95. The lowest BCUT2D eigenvalue weighted by atomic mass is 10.5. The Hall–Kier alpha value is -2.18. The molecule has 90 valence electrons. The van der Waals surface area contributed by atoms with Gasteiger partial charge in [-0.1, -0.05) is 0 Å². The van der Waals surface area contributed by atoms with Gasteiger partial charge in [0.25, 0.3) is 5.95 Å². The van der Waals surface area contributed by atoms with Crippen LogP contribution in [0.5, 0.6) is 6.01 Å². The summed E-state index contributed by atoms with van der Waals surface area (Å²) in [5.74, 6) is 0.458. The van der Waals surface area contributed by atoms with Crippen LogP contribution in [0, 0.1) is 6.92 Å². The van der Waals surface area contributed by atoms with Gasteiger partial charge < -0.3 is 10.5 Å². The van der Waals surface area contributed by atoms with Crippen LogP contribution in [-0.4, -0.2) is 30.8 Å². The normalized spacial score (nSPS) is 10.8. The number of aryl methyl sites for hydroxylation is 1. The van der Waals surface area contributed by atoms with E-state index in [0.717, 1.165) is 5.69 Å². The third-order valence-corrected chi connectivity index (χ3v) is 1.89. The van der Waals surface area contributed by atoms with Crippen LogP contribution in [0.2, 0.25) is 0 Å². The molecule has 0 atom stereocenters. The molecule has 0 amide bonds. The Morgan fingerprint density at radius 3 is 2.65 bits per heavy atom. The van der Waals surface area contributed by atoms with Crippen LogP contribution in [0.4, 0.5) is 5.95 Å². The number of nitrogens with zero attached hydrogens (tertiary/aromatic N) is 5. The SMILES string of the molecule is Cc1ccn(-c2nc(N)nc(OC(C)C)n2)n1. The molecule has 0 unspecified atom stereocenters. The highest BCUT2D eigenvalue weighted by atomic mass is 16.5. The first kappa shape index (κ1) is 11.3. The number of aromatic nitrogens is 5.